The molecular weight excluding hydrogens is 146 g/mol. The number of hydrogen-bond acceptors (Lipinski definition) is 3. The molecule has 2 nitrogen and oxygen atoms in total. The quantitative estimate of drug-likeness (QED) is 0.297. The van der Waals surface area contributed by atoms with Crippen LogP contribution in [0.3, 0.4) is 0 Å². The molecular formula is C7H7NOS. The number of aliphatic imine (C=N–C) groups is 1. The number of nitrogens with zero attached hydrogens (tertiary/aromatic N) is 1. The van der Waals surface area contributed by atoms with Gasteiger partial charge in [0, 0.05) is 6.04 Å². The molecule has 0 aromatic rings. The second-order valence-electron chi connectivity index (χ2n) is 1.96. The Morgan fingerprint density at radius 1 is 1.60 bits per heavy atom. The van der Waals surface area contributed by atoms with Crippen LogP contribution in [0.25, 0.3) is 0 Å². The highest BCUT2D eigenvalue weighted by Crippen LogP contribution is 2.24. The van der Waals surface area contributed by atoms with E-state index in [0.29, 0.717) is 5.25 Å². The SMILES string of the molecule is O=C=NC#CC1CCCS1. The zero-order valence-electron chi connectivity index (χ0n) is 5.46. The summed E-state index contributed by atoms with van der Waals surface area (Å²) < 4.78 is 0. The van der Waals surface area contributed by atoms with Crippen molar-refractivity contribution in [3.63, 3.8) is 0 Å². The zero-order valence-corrected chi connectivity index (χ0v) is 6.28. The van der Waals surface area contributed by atoms with E-state index in [1.807, 2.05) is 11.8 Å². The minimum absolute atomic E-state index is 0.400. The Morgan fingerprint density at radius 3 is 3.10 bits per heavy atom. The fraction of sp³-hybridized carbons (Fsp3) is 0.571. The second kappa shape index (κ2) is 4.16. The van der Waals surface area contributed by atoms with Crippen molar-refractivity contribution in [2.45, 2.75) is 18.1 Å². The van der Waals surface area contributed by atoms with Gasteiger partial charge in [-0.25, -0.2) is 4.79 Å². The normalized spacial score (nSPS) is 22.6. The van der Waals surface area contributed by atoms with Crippen molar-refractivity contribution >= 4 is 17.8 Å². The van der Waals surface area contributed by atoms with Gasteiger partial charge in [-0.2, -0.15) is 0 Å². The number of thioether (sulfide) groups is 1. The molecule has 0 saturated carbocycles. The van der Waals surface area contributed by atoms with Crippen LogP contribution < -0.4 is 0 Å². The van der Waals surface area contributed by atoms with E-state index in [9.17, 15) is 4.79 Å². The Morgan fingerprint density at radius 2 is 2.50 bits per heavy atom. The molecule has 1 atom stereocenters. The standard InChI is InChI=1S/C7H7NOS/c9-6-8-4-3-7-2-1-5-10-7/h7H,1-2,5H2. The van der Waals surface area contributed by atoms with Crippen molar-refractivity contribution < 1.29 is 4.79 Å². The van der Waals surface area contributed by atoms with Crippen molar-refractivity contribution in [1.29, 1.82) is 0 Å². The second-order valence-corrected chi connectivity index (χ2v) is 3.27. The molecule has 3 heteroatoms. The van der Waals surface area contributed by atoms with Gasteiger partial charge in [-0.3, -0.25) is 0 Å². The van der Waals surface area contributed by atoms with Gasteiger partial charge in [-0.15, -0.1) is 16.8 Å². The van der Waals surface area contributed by atoms with E-state index in [2.05, 4.69) is 17.0 Å². The van der Waals surface area contributed by atoms with Crippen molar-refractivity contribution in [2.75, 3.05) is 5.75 Å². The molecule has 0 radical (unpaired) electrons. The topological polar surface area (TPSA) is 29.4 Å². The van der Waals surface area contributed by atoms with Crippen molar-refractivity contribution in [2.24, 2.45) is 4.99 Å². The molecule has 0 amide bonds. The Hall–Kier alpha value is -0.710. The molecule has 1 fully saturated rings. The number of isocyanates is 1. The lowest BCUT2D eigenvalue weighted by Crippen LogP contribution is -1.88. The van der Waals surface area contributed by atoms with Gasteiger partial charge in [-0.05, 0) is 18.6 Å². The summed E-state index contributed by atoms with van der Waals surface area (Å²) in [7, 11) is 0. The van der Waals surface area contributed by atoms with E-state index in [0.717, 1.165) is 6.42 Å². The Labute approximate surface area is 64.1 Å². The van der Waals surface area contributed by atoms with E-state index in [4.69, 9.17) is 0 Å². The number of carbonyl (C=O) groups excluding carboxylic acids is 1. The molecule has 0 bridgehead atoms. The third kappa shape index (κ3) is 2.26. The summed E-state index contributed by atoms with van der Waals surface area (Å²) >= 11 is 1.83. The number of rotatable bonds is 0. The van der Waals surface area contributed by atoms with Crippen LogP contribution in [-0.2, 0) is 4.79 Å². The van der Waals surface area contributed by atoms with Crippen LogP contribution >= 0.6 is 11.8 Å². The predicted octanol–water partition coefficient (Wildman–Crippen LogP) is 1.18. The van der Waals surface area contributed by atoms with Crippen LogP contribution in [0.1, 0.15) is 12.8 Å². The predicted molar refractivity (Wildman–Crippen MR) is 41.4 cm³/mol. The van der Waals surface area contributed by atoms with Crippen molar-refractivity contribution in [3.8, 4) is 12.0 Å². The van der Waals surface area contributed by atoms with Crippen LogP contribution in [0.15, 0.2) is 4.99 Å². The highest BCUT2D eigenvalue weighted by atomic mass is 32.2. The lowest BCUT2D eigenvalue weighted by Gasteiger charge is -1.91. The Kier molecular flexibility index (Phi) is 3.08. The lowest BCUT2D eigenvalue weighted by atomic mass is 10.3. The Balaban J connectivity index is 2.37. The summed E-state index contributed by atoms with van der Waals surface area (Å²) in [6, 6.07) is 2.41. The molecule has 0 N–H and O–H groups in total. The van der Waals surface area contributed by atoms with E-state index in [-0.39, 0.29) is 0 Å². The first-order chi connectivity index (χ1) is 4.93. The fourth-order valence-electron chi connectivity index (χ4n) is 0.819. The van der Waals surface area contributed by atoms with Crippen molar-refractivity contribution in [1.82, 2.24) is 0 Å². The maximum atomic E-state index is 9.58. The highest BCUT2D eigenvalue weighted by molar-refractivity contribution is 8.00. The number of hydrogen-bond donors (Lipinski definition) is 0. The maximum Gasteiger partial charge on any atom is 0.249 e. The lowest BCUT2D eigenvalue weighted by molar-refractivity contribution is 0.565. The van der Waals surface area contributed by atoms with E-state index < -0.39 is 0 Å². The summed E-state index contributed by atoms with van der Waals surface area (Å²) in [4.78, 5) is 12.7. The van der Waals surface area contributed by atoms with Crippen LogP contribution in [0.5, 0.6) is 0 Å². The van der Waals surface area contributed by atoms with Crippen LogP contribution in [-0.4, -0.2) is 17.1 Å². The van der Waals surface area contributed by atoms with Crippen LogP contribution in [0, 0.1) is 12.0 Å². The van der Waals surface area contributed by atoms with Gasteiger partial charge in [0.15, 0.2) is 0 Å². The summed E-state index contributed by atoms with van der Waals surface area (Å²) in [5.41, 5.74) is 0. The van der Waals surface area contributed by atoms with Gasteiger partial charge in [-0.1, -0.05) is 5.92 Å². The minimum atomic E-state index is 0.400. The molecule has 1 aliphatic heterocycles. The summed E-state index contributed by atoms with van der Waals surface area (Å²) in [5.74, 6) is 4.05. The molecule has 0 aliphatic carbocycles. The van der Waals surface area contributed by atoms with Gasteiger partial charge >= 0.3 is 0 Å². The van der Waals surface area contributed by atoms with E-state index >= 15 is 0 Å². The molecule has 0 aromatic heterocycles. The fourth-order valence-corrected chi connectivity index (χ4v) is 1.91. The van der Waals surface area contributed by atoms with Gasteiger partial charge in [0.1, 0.15) is 0 Å². The molecule has 1 rings (SSSR count). The van der Waals surface area contributed by atoms with E-state index in [1.54, 1.807) is 0 Å². The van der Waals surface area contributed by atoms with Crippen LogP contribution in [0.2, 0.25) is 0 Å². The van der Waals surface area contributed by atoms with Crippen LogP contribution in [0.4, 0.5) is 0 Å². The van der Waals surface area contributed by atoms with E-state index in [1.165, 1.54) is 18.3 Å². The van der Waals surface area contributed by atoms with Gasteiger partial charge < -0.3 is 0 Å². The minimum Gasteiger partial charge on any atom is -0.210 e. The summed E-state index contributed by atoms with van der Waals surface area (Å²) in [6.45, 7) is 0. The average Bonchev–Trinajstić information content (AvgIpc) is 2.41. The first-order valence-electron chi connectivity index (χ1n) is 3.12. The molecule has 1 aliphatic rings. The third-order valence-electron chi connectivity index (χ3n) is 1.26. The smallest absolute Gasteiger partial charge is 0.210 e. The first-order valence-corrected chi connectivity index (χ1v) is 4.17. The van der Waals surface area contributed by atoms with Gasteiger partial charge in [0.2, 0.25) is 6.08 Å². The Bertz CT molecular complexity index is 203. The highest BCUT2D eigenvalue weighted by Gasteiger charge is 2.11. The summed E-state index contributed by atoms with van der Waals surface area (Å²) in [5, 5.41) is 0.400. The molecule has 0 spiro atoms. The first kappa shape index (κ1) is 7.40. The average molecular weight is 153 g/mol. The maximum absolute atomic E-state index is 9.58. The van der Waals surface area contributed by atoms with Gasteiger partial charge in [0.25, 0.3) is 0 Å². The zero-order chi connectivity index (χ0) is 7.23. The third-order valence-corrected chi connectivity index (χ3v) is 2.54. The monoisotopic (exact) mass is 153 g/mol. The molecule has 10 heavy (non-hydrogen) atoms. The molecule has 52 valence electrons. The molecule has 1 saturated heterocycles. The van der Waals surface area contributed by atoms with Gasteiger partial charge in [0.05, 0.1) is 5.25 Å². The summed E-state index contributed by atoms with van der Waals surface area (Å²) in [6.07, 6.45) is 3.75. The van der Waals surface area contributed by atoms with Crippen molar-refractivity contribution in [3.05, 3.63) is 0 Å². The molecule has 1 heterocycles. The largest absolute Gasteiger partial charge is 0.249 e. The molecule has 0 aromatic carbocycles. The molecule has 1 unspecified atom stereocenters.